The summed E-state index contributed by atoms with van der Waals surface area (Å²) in [5.74, 6) is -0.287. The van der Waals surface area contributed by atoms with E-state index in [2.05, 4.69) is 12.2 Å². The molecule has 0 aromatic rings. The first-order chi connectivity index (χ1) is 9.56. The summed E-state index contributed by atoms with van der Waals surface area (Å²) in [6.45, 7) is 9.74. The van der Waals surface area contributed by atoms with Crippen LogP contribution in [0.25, 0.3) is 0 Å². The molecule has 0 aliphatic carbocycles. The van der Waals surface area contributed by atoms with Gasteiger partial charge in [0.1, 0.15) is 0 Å². The molecule has 20 heavy (non-hydrogen) atoms. The number of ether oxygens (including phenoxy) is 1. The molecule has 0 spiro atoms. The summed E-state index contributed by atoms with van der Waals surface area (Å²) in [6, 6.07) is -0.305. The summed E-state index contributed by atoms with van der Waals surface area (Å²) in [5.41, 5.74) is 0. The number of esters is 1. The number of unbranched alkanes of at least 4 members (excludes halogenated alkanes) is 2. The minimum Gasteiger partial charge on any atom is -0.465 e. The highest BCUT2D eigenvalue weighted by Crippen LogP contribution is 2.02. The number of carbonyl (C=O) groups excluding carboxylic acids is 2. The third-order valence-electron chi connectivity index (χ3n) is 3.16. The molecule has 0 rings (SSSR count). The fraction of sp³-hybridized carbons (Fsp3) is 0.867. The Morgan fingerprint density at radius 2 is 1.85 bits per heavy atom. The Labute approximate surface area is 123 Å². The number of nitrogens with zero attached hydrogens (tertiary/aromatic N) is 1. The molecule has 1 unspecified atom stereocenters. The second-order valence-electron chi connectivity index (χ2n) is 4.95. The van der Waals surface area contributed by atoms with E-state index in [4.69, 9.17) is 4.74 Å². The van der Waals surface area contributed by atoms with Crippen LogP contribution in [0.2, 0.25) is 0 Å². The van der Waals surface area contributed by atoms with Crippen molar-refractivity contribution in [2.75, 3.05) is 26.2 Å². The average Bonchev–Trinajstić information content (AvgIpc) is 2.42. The maximum absolute atomic E-state index is 12.1. The van der Waals surface area contributed by atoms with Crippen LogP contribution in [-0.4, -0.2) is 49.1 Å². The van der Waals surface area contributed by atoms with Crippen LogP contribution < -0.4 is 5.32 Å². The Bertz CT molecular complexity index is 282. The first-order valence-corrected chi connectivity index (χ1v) is 7.74. The summed E-state index contributed by atoms with van der Waals surface area (Å²) in [5, 5.41) is 2.93. The van der Waals surface area contributed by atoms with Crippen molar-refractivity contribution >= 4 is 11.9 Å². The van der Waals surface area contributed by atoms with E-state index in [1.54, 1.807) is 6.92 Å². The minimum absolute atomic E-state index is 0.0150. The van der Waals surface area contributed by atoms with Crippen molar-refractivity contribution in [2.24, 2.45) is 0 Å². The summed E-state index contributed by atoms with van der Waals surface area (Å²) in [4.78, 5) is 25.5. The molecule has 5 nitrogen and oxygen atoms in total. The van der Waals surface area contributed by atoms with Crippen LogP contribution in [0.5, 0.6) is 0 Å². The van der Waals surface area contributed by atoms with Crippen LogP contribution in [0, 0.1) is 0 Å². The molecule has 1 amide bonds. The van der Waals surface area contributed by atoms with Crippen LogP contribution >= 0.6 is 0 Å². The zero-order valence-corrected chi connectivity index (χ0v) is 13.4. The van der Waals surface area contributed by atoms with Crippen LogP contribution in [0.15, 0.2) is 0 Å². The monoisotopic (exact) mass is 286 g/mol. The Hall–Kier alpha value is -1.10. The van der Waals surface area contributed by atoms with Gasteiger partial charge in [-0.3, -0.25) is 14.5 Å². The van der Waals surface area contributed by atoms with E-state index in [0.717, 1.165) is 25.7 Å². The van der Waals surface area contributed by atoms with Crippen LogP contribution in [0.1, 0.15) is 53.4 Å². The first-order valence-electron chi connectivity index (χ1n) is 7.74. The quantitative estimate of drug-likeness (QED) is 0.466. The second kappa shape index (κ2) is 11.7. The number of amides is 1. The zero-order valence-electron chi connectivity index (χ0n) is 13.4. The molecule has 0 bridgehead atoms. The summed E-state index contributed by atoms with van der Waals surface area (Å²) in [7, 11) is 0. The molecule has 0 aromatic heterocycles. The topological polar surface area (TPSA) is 58.6 Å². The highest BCUT2D eigenvalue weighted by Gasteiger charge is 2.22. The number of nitrogens with one attached hydrogen (secondary N) is 1. The van der Waals surface area contributed by atoms with E-state index in [9.17, 15) is 9.59 Å². The van der Waals surface area contributed by atoms with Gasteiger partial charge in [-0.05, 0) is 33.2 Å². The van der Waals surface area contributed by atoms with Gasteiger partial charge in [0.05, 0.1) is 19.2 Å². The van der Waals surface area contributed by atoms with Gasteiger partial charge >= 0.3 is 5.97 Å². The number of rotatable bonds is 11. The molecule has 0 aliphatic rings. The SMILES string of the molecule is CCCCCNC(=O)C(C)N(CCC)CC(=O)OCC. The molecule has 0 heterocycles. The van der Waals surface area contributed by atoms with Gasteiger partial charge in [-0.2, -0.15) is 0 Å². The molecule has 0 saturated carbocycles. The molecule has 0 saturated heterocycles. The lowest BCUT2D eigenvalue weighted by Crippen LogP contribution is -2.47. The van der Waals surface area contributed by atoms with Crippen molar-refractivity contribution in [2.45, 2.75) is 59.4 Å². The molecule has 5 heteroatoms. The number of hydrogen-bond acceptors (Lipinski definition) is 4. The molecular formula is C15H30N2O3. The highest BCUT2D eigenvalue weighted by molar-refractivity contribution is 5.82. The maximum atomic E-state index is 12.1. The molecule has 0 aromatic carbocycles. The lowest BCUT2D eigenvalue weighted by atomic mass is 10.2. The molecule has 1 atom stereocenters. The van der Waals surface area contributed by atoms with Gasteiger partial charge in [0, 0.05) is 6.54 Å². The Morgan fingerprint density at radius 3 is 2.40 bits per heavy atom. The van der Waals surface area contributed by atoms with E-state index < -0.39 is 0 Å². The van der Waals surface area contributed by atoms with Gasteiger partial charge in [-0.1, -0.05) is 26.7 Å². The third kappa shape index (κ3) is 8.15. The lowest BCUT2D eigenvalue weighted by molar-refractivity contribution is -0.145. The molecule has 0 fully saturated rings. The summed E-state index contributed by atoms with van der Waals surface area (Å²) >= 11 is 0. The minimum atomic E-state index is -0.305. The van der Waals surface area contributed by atoms with E-state index in [1.165, 1.54) is 0 Å². The Morgan fingerprint density at radius 1 is 1.15 bits per heavy atom. The van der Waals surface area contributed by atoms with Crippen molar-refractivity contribution in [1.82, 2.24) is 10.2 Å². The van der Waals surface area contributed by atoms with Gasteiger partial charge in [-0.25, -0.2) is 0 Å². The Kier molecular flexibility index (Phi) is 11.1. The van der Waals surface area contributed by atoms with Crippen molar-refractivity contribution in [1.29, 1.82) is 0 Å². The lowest BCUT2D eigenvalue weighted by Gasteiger charge is -2.26. The molecular weight excluding hydrogens is 256 g/mol. The number of carbonyl (C=O) groups is 2. The average molecular weight is 286 g/mol. The molecule has 1 N–H and O–H groups in total. The van der Waals surface area contributed by atoms with E-state index >= 15 is 0 Å². The fourth-order valence-corrected chi connectivity index (χ4v) is 1.97. The van der Waals surface area contributed by atoms with Crippen molar-refractivity contribution in [3.05, 3.63) is 0 Å². The van der Waals surface area contributed by atoms with Gasteiger partial charge in [0.15, 0.2) is 0 Å². The van der Waals surface area contributed by atoms with Crippen LogP contribution in [0.3, 0.4) is 0 Å². The second-order valence-corrected chi connectivity index (χ2v) is 4.95. The Balaban J connectivity index is 4.27. The van der Waals surface area contributed by atoms with Gasteiger partial charge < -0.3 is 10.1 Å². The summed E-state index contributed by atoms with van der Waals surface area (Å²) < 4.78 is 4.95. The molecule has 0 radical (unpaired) electrons. The number of hydrogen-bond donors (Lipinski definition) is 1. The standard InChI is InChI=1S/C15H30N2O3/c1-5-8-9-10-16-15(19)13(4)17(11-6-2)12-14(18)20-7-3/h13H,5-12H2,1-4H3,(H,16,19). The van der Waals surface area contributed by atoms with Crippen LogP contribution in [-0.2, 0) is 14.3 Å². The largest absolute Gasteiger partial charge is 0.465 e. The van der Waals surface area contributed by atoms with Gasteiger partial charge in [0.2, 0.25) is 5.91 Å². The van der Waals surface area contributed by atoms with Crippen molar-refractivity contribution in [3.8, 4) is 0 Å². The smallest absolute Gasteiger partial charge is 0.320 e. The third-order valence-corrected chi connectivity index (χ3v) is 3.16. The zero-order chi connectivity index (χ0) is 15.4. The van der Waals surface area contributed by atoms with Crippen LogP contribution in [0.4, 0.5) is 0 Å². The predicted molar refractivity (Wildman–Crippen MR) is 80.5 cm³/mol. The van der Waals surface area contributed by atoms with Crippen molar-refractivity contribution in [3.63, 3.8) is 0 Å². The van der Waals surface area contributed by atoms with Gasteiger partial charge in [-0.15, -0.1) is 0 Å². The van der Waals surface area contributed by atoms with E-state index in [0.29, 0.717) is 19.7 Å². The van der Waals surface area contributed by atoms with E-state index in [1.807, 2.05) is 18.7 Å². The van der Waals surface area contributed by atoms with Crippen molar-refractivity contribution < 1.29 is 14.3 Å². The fourth-order valence-electron chi connectivity index (χ4n) is 1.97. The van der Waals surface area contributed by atoms with E-state index in [-0.39, 0.29) is 24.5 Å². The molecule has 0 aliphatic heterocycles. The maximum Gasteiger partial charge on any atom is 0.320 e. The highest BCUT2D eigenvalue weighted by atomic mass is 16.5. The van der Waals surface area contributed by atoms with Gasteiger partial charge in [0.25, 0.3) is 0 Å². The molecule has 118 valence electrons. The summed E-state index contributed by atoms with van der Waals surface area (Å²) in [6.07, 6.45) is 4.15. The normalized spacial score (nSPS) is 12.2. The first kappa shape index (κ1) is 18.9. The predicted octanol–water partition coefficient (Wildman–Crippen LogP) is 1.96.